The summed E-state index contributed by atoms with van der Waals surface area (Å²) in [5.41, 5.74) is 7.26. The van der Waals surface area contributed by atoms with Crippen LogP contribution in [0.25, 0.3) is 11.5 Å². The molecule has 0 saturated heterocycles. The zero-order chi connectivity index (χ0) is 10.7. The minimum absolute atomic E-state index is 0.560. The highest BCUT2D eigenvalue weighted by Crippen LogP contribution is 2.27. The maximum absolute atomic E-state index is 5.82. The zero-order valence-electron chi connectivity index (χ0n) is 8.43. The van der Waals surface area contributed by atoms with Crippen molar-refractivity contribution in [2.45, 2.75) is 6.92 Å². The second kappa shape index (κ2) is 4.04. The van der Waals surface area contributed by atoms with E-state index in [0.717, 1.165) is 5.56 Å². The van der Waals surface area contributed by atoms with Gasteiger partial charge in [-0.1, -0.05) is 0 Å². The second-order valence-corrected chi connectivity index (χ2v) is 3.02. The number of hydrogen-bond donors (Lipinski definition) is 1. The number of nitrogen functional groups attached to an aromatic ring is 1. The van der Waals surface area contributed by atoms with Gasteiger partial charge in [0.05, 0.1) is 18.5 Å². The third kappa shape index (κ3) is 1.93. The Balaban J connectivity index is 2.33. The minimum atomic E-state index is 0.560. The van der Waals surface area contributed by atoms with Crippen LogP contribution in [0.3, 0.4) is 0 Å². The molecule has 15 heavy (non-hydrogen) atoms. The molecule has 0 saturated carbocycles. The number of benzene rings is 1. The second-order valence-electron chi connectivity index (χ2n) is 3.02. The number of rotatable bonds is 3. The van der Waals surface area contributed by atoms with Gasteiger partial charge in [0.2, 0.25) is 5.89 Å². The maximum atomic E-state index is 5.82. The van der Waals surface area contributed by atoms with E-state index in [-0.39, 0.29) is 0 Å². The van der Waals surface area contributed by atoms with Gasteiger partial charge in [-0.05, 0) is 25.1 Å². The van der Waals surface area contributed by atoms with Crippen LogP contribution in [0.5, 0.6) is 5.75 Å². The van der Waals surface area contributed by atoms with Crippen LogP contribution in [0, 0.1) is 0 Å². The Morgan fingerprint density at radius 3 is 2.93 bits per heavy atom. The quantitative estimate of drug-likeness (QED) is 0.779. The first kappa shape index (κ1) is 9.58. The van der Waals surface area contributed by atoms with Crippen LogP contribution in [0.1, 0.15) is 6.92 Å². The van der Waals surface area contributed by atoms with Crippen LogP contribution in [-0.2, 0) is 0 Å². The summed E-state index contributed by atoms with van der Waals surface area (Å²) in [6.07, 6.45) is 3.13. The van der Waals surface area contributed by atoms with Gasteiger partial charge in [-0.15, -0.1) is 0 Å². The summed E-state index contributed by atoms with van der Waals surface area (Å²) in [5, 5.41) is 0. The van der Waals surface area contributed by atoms with Crippen molar-refractivity contribution in [2.75, 3.05) is 12.3 Å². The first-order valence-corrected chi connectivity index (χ1v) is 4.73. The van der Waals surface area contributed by atoms with Gasteiger partial charge in [0.25, 0.3) is 0 Å². The number of nitrogens with zero attached hydrogens (tertiary/aromatic N) is 1. The first-order valence-electron chi connectivity index (χ1n) is 4.73. The summed E-state index contributed by atoms with van der Waals surface area (Å²) in [7, 11) is 0. The predicted molar refractivity (Wildman–Crippen MR) is 57.5 cm³/mol. The summed E-state index contributed by atoms with van der Waals surface area (Å²) < 4.78 is 10.5. The lowest BCUT2D eigenvalue weighted by Gasteiger charge is -2.06. The molecular weight excluding hydrogens is 192 g/mol. The fourth-order valence-electron chi connectivity index (χ4n) is 1.33. The fourth-order valence-corrected chi connectivity index (χ4v) is 1.33. The molecule has 0 unspecified atom stereocenters. The van der Waals surface area contributed by atoms with Gasteiger partial charge < -0.3 is 14.9 Å². The van der Waals surface area contributed by atoms with Crippen molar-refractivity contribution in [1.82, 2.24) is 4.98 Å². The third-order valence-electron chi connectivity index (χ3n) is 1.99. The van der Waals surface area contributed by atoms with Crippen molar-refractivity contribution in [3.8, 4) is 17.2 Å². The summed E-state index contributed by atoms with van der Waals surface area (Å²) in [5.74, 6) is 1.25. The molecule has 2 rings (SSSR count). The number of aromatic nitrogens is 1. The van der Waals surface area contributed by atoms with Gasteiger partial charge in [-0.3, -0.25) is 0 Å². The number of oxazole rings is 1. The minimum Gasteiger partial charge on any atom is -0.492 e. The number of ether oxygens (including phenoxy) is 1. The van der Waals surface area contributed by atoms with Gasteiger partial charge >= 0.3 is 0 Å². The molecule has 0 aliphatic rings. The molecule has 4 nitrogen and oxygen atoms in total. The molecule has 0 aliphatic carbocycles. The molecule has 2 aromatic rings. The van der Waals surface area contributed by atoms with Crippen molar-refractivity contribution < 1.29 is 9.15 Å². The molecule has 1 aromatic carbocycles. The largest absolute Gasteiger partial charge is 0.492 e. The van der Waals surface area contributed by atoms with Crippen LogP contribution in [0.2, 0.25) is 0 Å². The van der Waals surface area contributed by atoms with Crippen molar-refractivity contribution >= 4 is 5.69 Å². The smallest absolute Gasteiger partial charge is 0.225 e. The summed E-state index contributed by atoms with van der Waals surface area (Å²) >= 11 is 0. The number of nitrogens with two attached hydrogens (primary N) is 1. The highest BCUT2D eigenvalue weighted by atomic mass is 16.5. The van der Waals surface area contributed by atoms with Crippen molar-refractivity contribution in [3.05, 3.63) is 30.7 Å². The van der Waals surface area contributed by atoms with Crippen molar-refractivity contribution in [1.29, 1.82) is 0 Å². The Hall–Kier alpha value is -1.97. The number of anilines is 1. The van der Waals surface area contributed by atoms with E-state index in [4.69, 9.17) is 14.9 Å². The Kier molecular flexibility index (Phi) is 2.58. The van der Waals surface area contributed by atoms with Gasteiger partial charge in [0.1, 0.15) is 12.0 Å². The van der Waals surface area contributed by atoms with Gasteiger partial charge in [-0.25, -0.2) is 4.98 Å². The molecule has 2 N–H and O–H groups in total. The molecule has 0 aliphatic heterocycles. The molecule has 4 heteroatoms. The third-order valence-corrected chi connectivity index (χ3v) is 1.99. The highest BCUT2D eigenvalue weighted by Gasteiger charge is 2.05. The van der Waals surface area contributed by atoms with Gasteiger partial charge in [0, 0.05) is 5.56 Å². The van der Waals surface area contributed by atoms with E-state index in [1.165, 1.54) is 6.26 Å². The van der Waals surface area contributed by atoms with Crippen LogP contribution in [-0.4, -0.2) is 11.6 Å². The van der Waals surface area contributed by atoms with E-state index in [1.54, 1.807) is 12.3 Å². The van der Waals surface area contributed by atoms with Crippen LogP contribution < -0.4 is 10.5 Å². The fraction of sp³-hybridized carbons (Fsp3) is 0.182. The number of hydrogen-bond acceptors (Lipinski definition) is 4. The molecule has 78 valence electrons. The Bertz CT molecular complexity index is 438. The Morgan fingerprint density at radius 1 is 1.47 bits per heavy atom. The van der Waals surface area contributed by atoms with Crippen LogP contribution >= 0.6 is 0 Å². The standard InChI is InChI=1S/C11H12N2O2/c1-2-14-10-4-3-8(7-9(10)12)11-13-5-6-15-11/h3-7H,2,12H2,1H3. The normalized spacial score (nSPS) is 10.2. The Labute approximate surface area is 87.7 Å². The zero-order valence-corrected chi connectivity index (χ0v) is 8.43. The summed E-state index contributed by atoms with van der Waals surface area (Å²) in [6, 6.07) is 5.47. The van der Waals surface area contributed by atoms with Crippen LogP contribution in [0.15, 0.2) is 35.1 Å². The maximum Gasteiger partial charge on any atom is 0.225 e. The van der Waals surface area contributed by atoms with Crippen molar-refractivity contribution in [2.24, 2.45) is 0 Å². The van der Waals surface area contributed by atoms with E-state index in [2.05, 4.69) is 4.98 Å². The van der Waals surface area contributed by atoms with E-state index < -0.39 is 0 Å². The summed E-state index contributed by atoms with van der Waals surface area (Å²) in [4.78, 5) is 4.04. The molecule has 0 atom stereocenters. The average Bonchev–Trinajstić information content (AvgIpc) is 2.74. The van der Waals surface area contributed by atoms with E-state index in [1.807, 2.05) is 19.1 Å². The van der Waals surface area contributed by atoms with E-state index in [9.17, 15) is 0 Å². The van der Waals surface area contributed by atoms with E-state index >= 15 is 0 Å². The summed E-state index contributed by atoms with van der Waals surface area (Å²) in [6.45, 7) is 2.52. The molecule has 0 radical (unpaired) electrons. The first-order chi connectivity index (χ1) is 7.31. The van der Waals surface area contributed by atoms with Crippen LogP contribution in [0.4, 0.5) is 5.69 Å². The lowest BCUT2D eigenvalue weighted by atomic mass is 10.2. The lowest BCUT2D eigenvalue weighted by molar-refractivity contribution is 0.342. The monoisotopic (exact) mass is 204 g/mol. The molecule has 0 amide bonds. The molecule has 1 aromatic heterocycles. The topological polar surface area (TPSA) is 61.3 Å². The van der Waals surface area contributed by atoms with Gasteiger partial charge in [-0.2, -0.15) is 0 Å². The highest BCUT2D eigenvalue weighted by molar-refractivity contribution is 5.65. The molecule has 1 heterocycles. The lowest BCUT2D eigenvalue weighted by Crippen LogP contribution is -1.96. The van der Waals surface area contributed by atoms with Crippen molar-refractivity contribution in [3.63, 3.8) is 0 Å². The predicted octanol–water partition coefficient (Wildman–Crippen LogP) is 2.32. The Morgan fingerprint density at radius 2 is 2.33 bits per heavy atom. The molecule has 0 fully saturated rings. The van der Waals surface area contributed by atoms with E-state index in [0.29, 0.717) is 23.9 Å². The van der Waals surface area contributed by atoms with Gasteiger partial charge in [0.15, 0.2) is 0 Å². The molecule has 0 spiro atoms. The SMILES string of the molecule is CCOc1ccc(-c2ncco2)cc1N. The molecular formula is C11H12N2O2. The molecule has 0 bridgehead atoms. The average molecular weight is 204 g/mol.